The molecular formula is C20H23N3O3. The summed E-state index contributed by atoms with van der Waals surface area (Å²) in [6, 6.07) is 11.9. The normalized spacial score (nSPS) is 16.7. The lowest BCUT2D eigenvalue weighted by atomic mass is 10.0. The van der Waals surface area contributed by atoms with Crippen LogP contribution in [0.4, 0.5) is 0 Å². The summed E-state index contributed by atoms with van der Waals surface area (Å²) in [6.07, 6.45) is 3.68. The van der Waals surface area contributed by atoms with Gasteiger partial charge in [-0.2, -0.15) is 0 Å². The second kappa shape index (κ2) is 7.35. The van der Waals surface area contributed by atoms with E-state index >= 15 is 0 Å². The summed E-state index contributed by atoms with van der Waals surface area (Å²) in [6.45, 7) is 3.66. The van der Waals surface area contributed by atoms with Crippen LogP contribution < -0.4 is 5.32 Å². The summed E-state index contributed by atoms with van der Waals surface area (Å²) in [5, 5.41) is 4.25. The molecule has 0 aliphatic carbocycles. The highest BCUT2D eigenvalue weighted by Gasteiger charge is 2.26. The molecular weight excluding hydrogens is 330 g/mol. The van der Waals surface area contributed by atoms with Crippen molar-refractivity contribution in [3.8, 4) is 0 Å². The molecule has 0 saturated carbocycles. The predicted octanol–water partition coefficient (Wildman–Crippen LogP) is 2.57. The molecule has 1 saturated heterocycles. The number of carbonyl (C=O) groups is 1. The van der Waals surface area contributed by atoms with E-state index in [2.05, 4.69) is 52.3 Å². The second-order valence-corrected chi connectivity index (χ2v) is 6.56. The van der Waals surface area contributed by atoms with Crippen LogP contribution in [0.5, 0.6) is 0 Å². The molecule has 1 atom stereocenters. The van der Waals surface area contributed by atoms with Crippen molar-refractivity contribution in [3.63, 3.8) is 0 Å². The molecule has 1 aromatic carbocycles. The van der Waals surface area contributed by atoms with Crippen molar-refractivity contribution in [3.05, 3.63) is 60.2 Å². The van der Waals surface area contributed by atoms with Gasteiger partial charge in [0.2, 0.25) is 0 Å². The molecule has 1 aliphatic heterocycles. The van der Waals surface area contributed by atoms with Gasteiger partial charge in [-0.1, -0.05) is 18.2 Å². The van der Waals surface area contributed by atoms with E-state index in [0.29, 0.717) is 25.5 Å². The Morgan fingerprint density at radius 1 is 1.19 bits per heavy atom. The van der Waals surface area contributed by atoms with E-state index < -0.39 is 0 Å². The predicted molar refractivity (Wildman–Crippen MR) is 99.1 cm³/mol. The van der Waals surface area contributed by atoms with Crippen LogP contribution in [0.1, 0.15) is 22.2 Å². The van der Waals surface area contributed by atoms with Gasteiger partial charge < -0.3 is 19.0 Å². The zero-order valence-corrected chi connectivity index (χ0v) is 14.9. The molecule has 3 aromatic rings. The van der Waals surface area contributed by atoms with Crippen molar-refractivity contribution < 1.29 is 13.9 Å². The van der Waals surface area contributed by atoms with E-state index in [9.17, 15) is 4.79 Å². The van der Waals surface area contributed by atoms with Crippen molar-refractivity contribution >= 4 is 16.8 Å². The molecule has 1 N–H and O–H groups in total. The number of ether oxygens (including phenoxy) is 1. The lowest BCUT2D eigenvalue weighted by Crippen LogP contribution is -2.43. The number of aryl methyl sites for hydroxylation is 1. The quantitative estimate of drug-likeness (QED) is 0.766. The highest BCUT2D eigenvalue weighted by Crippen LogP contribution is 2.30. The van der Waals surface area contributed by atoms with Crippen LogP contribution in [0.3, 0.4) is 0 Å². The van der Waals surface area contributed by atoms with E-state index in [1.807, 2.05) is 0 Å². The molecule has 6 heteroatoms. The van der Waals surface area contributed by atoms with Crippen LogP contribution in [-0.2, 0) is 11.8 Å². The maximum Gasteiger partial charge on any atom is 0.287 e. The van der Waals surface area contributed by atoms with Crippen molar-refractivity contribution in [2.24, 2.45) is 7.05 Å². The third-order valence-corrected chi connectivity index (χ3v) is 4.97. The standard InChI is InChI=1S/C20H23N3O3/c1-22-14-16(15-5-2-3-6-17(15)22)18(23-8-11-25-12-9-23)13-21-20(24)19-7-4-10-26-19/h2-7,10,14,18H,8-9,11-13H2,1H3,(H,21,24)/t18-/m1/s1. The van der Waals surface area contributed by atoms with Crippen LogP contribution in [-0.4, -0.2) is 48.2 Å². The van der Waals surface area contributed by atoms with Crippen molar-refractivity contribution in [2.75, 3.05) is 32.8 Å². The number of morpholine rings is 1. The van der Waals surface area contributed by atoms with Crippen molar-refractivity contribution in [1.82, 2.24) is 14.8 Å². The van der Waals surface area contributed by atoms with Crippen LogP contribution in [0.25, 0.3) is 10.9 Å². The fourth-order valence-electron chi connectivity index (χ4n) is 3.65. The Hall–Kier alpha value is -2.57. The molecule has 0 spiro atoms. The van der Waals surface area contributed by atoms with Crippen LogP contribution in [0.2, 0.25) is 0 Å². The lowest BCUT2D eigenvalue weighted by Gasteiger charge is -2.34. The number of fused-ring (bicyclic) bond motifs is 1. The highest BCUT2D eigenvalue weighted by molar-refractivity contribution is 5.91. The van der Waals surface area contributed by atoms with Gasteiger partial charge in [0.25, 0.3) is 5.91 Å². The van der Waals surface area contributed by atoms with Crippen LogP contribution in [0.15, 0.2) is 53.3 Å². The Balaban J connectivity index is 1.63. The summed E-state index contributed by atoms with van der Waals surface area (Å²) in [4.78, 5) is 14.7. The van der Waals surface area contributed by atoms with Gasteiger partial charge in [0, 0.05) is 43.8 Å². The number of carbonyl (C=O) groups excluding carboxylic acids is 1. The Morgan fingerprint density at radius 2 is 2.00 bits per heavy atom. The molecule has 1 amide bonds. The summed E-state index contributed by atoms with van der Waals surface area (Å²) in [5.41, 5.74) is 2.42. The first-order valence-corrected chi connectivity index (χ1v) is 8.91. The molecule has 1 aliphatic rings. The third kappa shape index (κ3) is 3.25. The van der Waals surface area contributed by atoms with Gasteiger partial charge in [-0.3, -0.25) is 9.69 Å². The van der Waals surface area contributed by atoms with E-state index in [-0.39, 0.29) is 11.9 Å². The molecule has 0 bridgehead atoms. The van der Waals surface area contributed by atoms with E-state index in [1.54, 1.807) is 12.1 Å². The van der Waals surface area contributed by atoms with Gasteiger partial charge in [0.05, 0.1) is 25.5 Å². The molecule has 0 unspecified atom stereocenters. The van der Waals surface area contributed by atoms with Gasteiger partial charge in [0.15, 0.2) is 5.76 Å². The minimum Gasteiger partial charge on any atom is -0.459 e. The molecule has 1 fully saturated rings. The number of benzene rings is 1. The number of hydrogen-bond acceptors (Lipinski definition) is 4. The summed E-state index contributed by atoms with van der Waals surface area (Å²) in [7, 11) is 2.06. The number of furan rings is 1. The third-order valence-electron chi connectivity index (χ3n) is 4.97. The largest absolute Gasteiger partial charge is 0.459 e. The number of hydrogen-bond donors (Lipinski definition) is 1. The number of aromatic nitrogens is 1. The fraction of sp³-hybridized carbons (Fsp3) is 0.350. The number of para-hydroxylation sites is 1. The van der Waals surface area contributed by atoms with Crippen LogP contribution in [0, 0.1) is 0 Å². The Bertz CT molecular complexity index is 879. The van der Waals surface area contributed by atoms with Gasteiger partial charge in [-0.25, -0.2) is 0 Å². The van der Waals surface area contributed by atoms with Crippen molar-refractivity contribution in [1.29, 1.82) is 0 Å². The van der Waals surface area contributed by atoms with Gasteiger partial charge in [0.1, 0.15) is 0 Å². The first kappa shape index (κ1) is 16.9. The highest BCUT2D eigenvalue weighted by atomic mass is 16.5. The molecule has 136 valence electrons. The maximum absolute atomic E-state index is 12.3. The number of amides is 1. The molecule has 6 nitrogen and oxygen atoms in total. The van der Waals surface area contributed by atoms with Crippen LogP contribution >= 0.6 is 0 Å². The zero-order chi connectivity index (χ0) is 17.9. The summed E-state index contributed by atoms with van der Waals surface area (Å²) in [5.74, 6) is 0.150. The Labute approximate surface area is 152 Å². The summed E-state index contributed by atoms with van der Waals surface area (Å²) < 4.78 is 12.9. The topological polar surface area (TPSA) is 59.6 Å². The molecule has 26 heavy (non-hydrogen) atoms. The number of rotatable bonds is 5. The molecule has 3 heterocycles. The first-order chi connectivity index (χ1) is 12.7. The maximum atomic E-state index is 12.3. The van der Waals surface area contributed by atoms with E-state index in [4.69, 9.17) is 9.15 Å². The molecule has 4 rings (SSSR count). The fourth-order valence-corrected chi connectivity index (χ4v) is 3.65. The number of nitrogens with zero attached hydrogens (tertiary/aromatic N) is 2. The summed E-state index contributed by atoms with van der Waals surface area (Å²) >= 11 is 0. The van der Waals surface area contributed by atoms with Gasteiger partial charge in [-0.05, 0) is 23.8 Å². The smallest absolute Gasteiger partial charge is 0.287 e. The minimum absolute atomic E-state index is 0.0870. The minimum atomic E-state index is -0.187. The SMILES string of the molecule is Cn1cc([C@@H](CNC(=O)c2ccco2)N2CCOCC2)c2ccccc21. The monoisotopic (exact) mass is 353 g/mol. The second-order valence-electron chi connectivity index (χ2n) is 6.56. The van der Waals surface area contributed by atoms with E-state index in [0.717, 1.165) is 13.1 Å². The molecule has 0 radical (unpaired) electrons. The average Bonchev–Trinajstić information content (AvgIpc) is 3.32. The average molecular weight is 353 g/mol. The van der Waals surface area contributed by atoms with Gasteiger partial charge in [-0.15, -0.1) is 0 Å². The lowest BCUT2D eigenvalue weighted by molar-refractivity contribution is 0.0164. The molecule has 2 aromatic heterocycles. The number of nitrogens with one attached hydrogen (secondary N) is 1. The van der Waals surface area contributed by atoms with E-state index in [1.165, 1.54) is 22.7 Å². The Kier molecular flexibility index (Phi) is 4.77. The first-order valence-electron chi connectivity index (χ1n) is 8.91. The van der Waals surface area contributed by atoms with Crippen molar-refractivity contribution in [2.45, 2.75) is 6.04 Å². The van der Waals surface area contributed by atoms with Gasteiger partial charge >= 0.3 is 0 Å². The zero-order valence-electron chi connectivity index (χ0n) is 14.9. The Morgan fingerprint density at radius 3 is 2.77 bits per heavy atom.